The number of benzene rings is 4. The first kappa shape index (κ1) is 43.1. The average molecular weight is 859 g/mol. The predicted octanol–water partition coefficient (Wildman–Crippen LogP) is 2.95. The van der Waals surface area contributed by atoms with Gasteiger partial charge in [-0.25, -0.2) is 0 Å². The summed E-state index contributed by atoms with van der Waals surface area (Å²) in [5.74, 6) is 8.78. The van der Waals surface area contributed by atoms with Gasteiger partial charge < -0.3 is 49.8 Å². The van der Waals surface area contributed by atoms with Crippen LogP contribution in [0.1, 0.15) is 77.2 Å². The largest absolute Gasteiger partial charge is 0.508 e. The predicted molar refractivity (Wildman–Crippen MR) is 238 cm³/mol. The second-order valence-electron chi connectivity index (χ2n) is 17.4. The molecule has 0 saturated carbocycles. The van der Waals surface area contributed by atoms with E-state index in [0.29, 0.717) is 93.9 Å². The molecule has 13 nitrogen and oxygen atoms in total. The lowest BCUT2D eigenvalue weighted by molar-refractivity contribution is -0.141. The molecule has 63 heavy (non-hydrogen) atoms. The van der Waals surface area contributed by atoms with Crippen molar-refractivity contribution in [3.63, 3.8) is 0 Å². The number of hydrogen-bond donors (Lipinski definition) is 8. The highest BCUT2D eigenvalue weighted by molar-refractivity contribution is 5.85. The van der Waals surface area contributed by atoms with Crippen LogP contribution in [-0.2, 0) is 36.8 Å². The van der Waals surface area contributed by atoms with Crippen molar-refractivity contribution in [2.45, 2.75) is 94.2 Å². The number of nitrogens with one attached hydrogen (secondary N) is 3. The molecule has 0 spiro atoms. The van der Waals surface area contributed by atoms with Crippen molar-refractivity contribution in [1.82, 2.24) is 16.0 Å². The van der Waals surface area contributed by atoms with Crippen molar-refractivity contribution in [2.75, 3.05) is 53.4 Å². The fourth-order valence-electron chi connectivity index (χ4n) is 10.1. The first-order valence-electron chi connectivity index (χ1n) is 22.3. The van der Waals surface area contributed by atoms with Gasteiger partial charge in [0.15, 0.2) is 17.6 Å². The third-order valence-corrected chi connectivity index (χ3v) is 13.1. The van der Waals surface area contributed by atoms with Crippen molar-refractivity contribution in [2.24, 2.45) is 4.99 Å². The quantitative estimate of drug-likeness (QED) is 0.0528. The molecule has 4 aliphatic heterocycles. The topological polar surface area (TPSA) is 187 Å². The maximum Gasteiger partial charge on any atom is 0.161 e. The molecule has 8 N–H and O–H groups in total. The van der Waals surface area contributed by atoms with Crippen LogP contribution in [0.25, 0.3) is 17.2 Å². The molecule has 6 atom stereocenters. The lowest BCUT2D eigenvalue weighted by Crippen LogP contribution is -2.62. The summed E-state index contributed by atoms with van der Waals surface area (Å²) in [6.45, 7) is 3.32. The summed E-state index contributed by atoms with van der Waals surface area (Å²) in [5, 5.41) is 65.3. The van der Waals surface area contributed by atoms with Crippen molar-refractivity contribution in [3.05, 3.63) is 98.1 Å². The number of rotatable bonds is 14. The van der Waals surface area contributed by atoms with Gasteiger partial charge in [0.2, 0.25) is 0 Å². The first-order valence-corrected chi connectivity index (χ1v) is 22.3. The molecule has 0 amide bonds. The molecule has 0 radical (unpaired) electrons. The van der Waals surface area contributed by atoms with E-state index in [1.807, 2.05) is 31.3 Å². The smallest absolute Gasteiger partial charge is 0.161 e. The minimum absolute atomic E-state index is 0.0238. The Kier molecular flexibility index (Phi) is 12.7. The van der Waals surface area contributed by atoms with Crippen LogP contribution < -0.4 is 40.7 Å². The zero-order chi connectivity index (χ0) is 43.7. The van der Waals surface area contributed by atoms with Crippen molar-refractivity contribution < 1.29 is 44.5 Å². The minimum atomic E-state index is -1.20. The van der Waals surface area contributed by atoms with Crippen molar-refractivity contribution in [1.29, 1.82) is 0 Å². The Morgan fingerprint density at radius 3 is 2.75 bits per heavy atom. The zero-order valence-electron chi connectivity index (χ0n) is 36.0. The van der Waals surface area contributed by atoms with E-state index in [4.69, 9.17) is 18.9 Å². The van der Waals surface area contributed by atoms with Gasteiger partial charge in [-0.2, -0.15) is 0 Å². The lowest BCUT2D eigenvalue weighted by atomic mass is 9.69. The van der Waals surface area contributed by atoms with Crippen LogP contribution in [0.4, 0.5) is 0 Å². The van der Waals surface area contributed by atoms with Crippen LogP contribution in [0, 0.1) is 11.8 Å². The molecule has 0 saturated heterocycles. The van der Waals surface area contributed by atoms with E-state index in [0.717, 1.165) is 49.5 Å². The van der Waals surface area contributed by atoms with Gasteiger partial charge in [0.25, 0.3) is 0 Å². The lowest BCUT2D eigenvalue weighted by Gasteiger charge is -2.49. The number of nitrogens with zero attached hydrogens (tertiary/aromatic N) is 1. The van der Waals surface area contributed by atoms with E-state index in [1.54, 1.807) is 13.0 Å². The summed E-state index contributed by atoms with van der Waals surface area (Å²) in [7, 11) is 1.83. The molecular formula is C50H58N4O9. The maximum absolute atomic E-state index is 11.5. The van der Waals surface area contributed by atoms with Gasteiger partial charge in [0.1, 0.15) is 35.0 Å². The molecule has 4 aromatic rings. The van der Waals surface area contributed by atoms with Gasteiger partial charge in [0.05, 0.1) is 38.0 Å². The number of phenolic OH excluding ortho intramolecular Hbond substituents is 2. The number of hydrogen-bond acceptors (Lipinski definition) is 13. The third-order valence-electron chi connectivity index (χ3n) is 13.1. The summed E-state index contributed by atoms with van der Waals surface area (Å²) in [5.41, 5.74) is 7.22. The molecule has 0 aromatic heterocycles. The Morgan fingerprint density at radius 1 is 1.03 bits per heavy atom. The Labute approximate surface area is 367 Å². The van der Waals surface area contributed by atoms with E-state index in [1.165, 1.54) is 5.56 Å². The molecule has 6 unspecified atom stereocenters. The van der Waals surface area contributed by atoms with Gasteiger partial charge in [0, 0.05) is 49.4 Å². The van der Waals surface area contributed by atoms with E-state index in [2.05, 4.69) is 57.1 Å². The number of aryl methyl sites for hydroxylation is 1. The zero-order valence-corrected chi connectivity index (χ0v) is 36.0. The number of aliphatic hydroxyl groups excluding tert-OH is 3. The number of fused-ring (bicyclic) bond motifs is 13. The van der Waals surface area contributed by atoms with Gasteiger partial charge in [-0.15, -0.1) is 0 Å². The van der Waals surface area contributed by atoms with Gasteiger partial charge in [-0.3, -0.25) is 15.6 Å². The Hall–Kier alpha value is -5.17. The Balaban J connectivity index is 1.28. The molecule has 0 fully saturated rings. The third kappa shape index (κ3) is 8.37. The van der Waals surface area contributed by atoms with Crippen LogP contribution in [0.5, 0.6) is 28.7 Å². The monoisotopic (exact) mass is 858 g/mol. The Bertz CT molecular complexity index is 2550. The fourth-order valence-corrected chi connectivity index (χ4v) is 10.1. The van der Waals surface area contributed by atoms with Gasteiger partial charge >= 0.3 is 0 Å². The Morgan fingerprint density at radius 2 is 1.92 bits per heavy atom. The standard InChI is InChI=1S/C50H58N4O9/c1-29(57)25-52-27-54-44-7-3-4-17-60-43-22-34(20-32(46(43)59)6-5-16-55)49-50(44,61-28-51-2)24-41-40-21-33(19-30-8-13-42-31(18-30)14-15-53-42)39-23-35(58)9-11-37(39)45(40)48-38(47(41)63-49)12-10-36(26-56)62-48/h8-9,11,13-14,18,20,22-23,29,33,36,44,49,51-52,54-59H,4-6,10,12,15-17,19,21,24-28H2,1-2H3. The average Bonchev–Trinajstić information content (AvgIpc) is 3.76. The normalized spacial score (nSPS) is 23.1. The van der Waals surface area contributed by atoms with Crippen molar-refractivity contribution in [3.8, 4) is 51.7 Å². The maximum atomic E-state index is 11.5. The summed E-state index contributed by atoms with van der Waals surface area (Å²) in [4.78, 5) is 4.61. The molecular weight excluding hydrogens is 801 g/mol. The molecule has 5 aliphatic rings. The van der Waals surface area contributed by atoms with E-state index >= 15 is 0 Å². The van der Waals surface area contributed by atoms with E-state index in [-0.39, 0.29) is 44.0 Å². The van der Waals surface area contributed by atoms with Crippen LogP contribution in [-0.4, -0.2) is 103 Å². The fraction of sp³-hybridized carbons (Fsp3) is 0.460. The van der Waals surface area contributed by atoms with Crippen LogP contribution in [0.2, 0.25) is 0 Å². The van der Waals surface area contributed by atoms with Gasteiger partial charge in [-0.1, -0.05) is 30.0 Å². The summed E-state index contributed by atoms with van der Waals surface area (Å²) < 4.78 is 27.8. The minimum Gasteiger partial charge on any atom is -0.508 e. The van der Waals surface area contributed by atoms with E-state index < -0.39 is 30.0 Å². The van der Waals surface area contributed by atoms with Crippen LogP contribution in [0.3, 0.4) is 0 Å². The first-order chi connectivity index (χ1) is 30.7. The van der Waals surface area contributed by atoms with Gasteiger partial charge in [-0.05, 0) is 133 Å². The summed E-state index contributed by atoms with van der Waals surface area (Å²) in [6.07, 6.45) is 4.49. The number of aliphatic hydroxyl groups is 3. The molecule has 13 heteroatoms. The summed E-state index contributed by atoms with van der Waals surface area (Å²) >= 11 is 0. The molecule has 9 rings (SSSR count). The molecule has 1 aliphatic carbocycles. The molecule has 4 heterocycles. The second-order valence-corrected chi connectivity index (χ2v) is 17.4. The summed E-state index contributed by atoms with van der Waals surface area (Å²) in [6, 6.07) is 15.2. The SMILES string of the molecule is CNCOC12Cc3c4c(c5c(c3OC1c1cc(CCCO)c(O)c(c1)OCCC#CC2NCNCC(C)O)CCC(CO)O5)-c1ccc(O)cc1C(Cc1ccc2c(c1)=CCN=2)C4. The number of ether oxygens (including phenoxy) is 4. The van der Waals surface area contributed by atoms with E-state index in [9.17, 15) is 25.5 Å². The second kappa shape index (κ2) is 18.5. The highest BCUT2D eigenvalue weighted by Crippen LogP contribution is 2.58. The molecule has 2 bridgehead atoms. The number of phenols is 2. The number of aromatic hydroxyl groups is 2. The molecule has 4 aromatic carbocycles. The van der Waals surface area contributed by atoms with Crippen LogP contribution in [0.15, 0.2) is 53.5 Å². The van der Waals surface area contributed by atoms with Crippen molar-refractivity contribution >= 4 is 6.08 Å². The molecule has 332 valence electrons. The highest BCUT2D eigenvalue weighted by atomic mass is 16.6. The van der Waals surface area contributed by atoms with Crippen LogP contribution >= 0.6 is 0 Å². The highest BCUT2D eigenvalue weighted by Gasteiger charge is 2.54.